The van der Waals surface area contributed by atoms with Crippen molar-refractivity contribution < 1.29 is 129 Å². The molecule has 0 heterocycles. The van der Waals surface area contributed by atoms with E-state index in [9.17, 15) is 39.6 Å². The molecule has 82 heavy (non-hydrogen) atoms. The Bertz CT molecular complexity index is 1490. The molecule has 27 nitrogen and oxygen atoms in total. The zero-order valence-electron chi connectivity index (χ0n) is 52.4. The number of rotatable bonds is 47. The molecule has 35 heteroatoms. The number of aliphatic hydroxyl groups excluding tert-OH is 11. The summed E-state index contributed by atoms with van der Waals surface area (Å²) in [5, 5.41) is 110. The van der Waals surface area contributed by atoms with Crippen LogP contribution < -0.4 is 0 Å². The van der Waals surface area contributed by atoms with Gasteiger partial charge >= 0.3 is 68.5 Å². The Labute approximate surface area is 499 Å². The molecular formula is C47H118O27Si8. The largest absolute Gasteiger partial charge is 0.415 e. The molecule has 0 aliphatic rings. The number of ether oxygens (including phenoxy) is 3. The Morgan fingerprint density at radius 2 is 0.707 bits per heavy atom. The number of aliphatic hydroxyl groups is 12. The average Bonchev–Trinajstić information content (AvgIpc) is 3.37. The van der Waals surface area contributed by atoms with Crippen molar-refractivity contribution in [3.8, 4) is 0 Å². The second-order valence-electron chi connectivity index (χ2n) is 22.3. The molecule has 10 unspecified atom stereocenters. The average molecular weight is 1340 g/mol. The van der Waals surface area contributed by atoms with Crippen LogP contribution in [0.15, 0.2) is 0 Å². The predicted molar refractivity (Wildman–Crippen MR) is 327 cm³/mol. The van der Waals surface area contributed by atoms with Crippen molar-refractivity contribution in [3.63, 3.8) is 0 Å². The van der Waals surface area contributed by atoms with Crippen LogP contribution in [0, 0.1) is 0 Å². The van der Waals surface area contributed by atoms with Crippen LogP contribution in [-0.2, 0) is 48.4 Å². The van der Waals surface area contributed by atoms with Crippen molar-refractivity contribution >= 4 is 68.5 Å². The fourth-order valence-electron chi connectivity index (χ4n) is 7.72. The van der Waals surface area contributed by atoms with Crippen molar-refractivity contribution in [1.29, 1.82) is 0 Å². The lowest BCUT2D eigenvalue weighted by atomic mass is 10.0. The first kappa shape index (κ1) is 89.1. The summed E-state index contributed by atoms with van der Waals surface area (Å²) in [5.74, 6) is 0. The van der Waals surface area contributed by atoms with Gasteiger partial charge in [-0.15, -0.1) is 0 Å². The zero-order valence-corrected chi connectivity index (χ0v) is 60.4. The van der Waals surface area contributed by atoms with E-state index in [4.69, 9.17) is 89.2 Å². The van der Waals surface area contributed by atoms with Gasteiger partial charge in [0.25, 0.3) is 0 Å². The van der Waals surface area contributed by atoms with E-state index in [2.05, 4.69) is 0 Å². The fraction of sp³-hybridized carbons (Fsp3) is 1.00. The Morgan fingerprint density at radius 3 is 0.988 bits per heavy atom. The third kappa shape index (κ3) is 48.6. The van der Waals surface area contributed by atoms with E-state index in [0.29, 0.717) is 100 Å². The molecule has 0 aromatic rings. The van der Waals surface area contributed by atoms with Gasteiger partial charge in [-0.25, -0.2) is 0 Å². The highest BCUT2D eigenvalue weighted by molar-refractivity contribution is 6.81. The van der Waals surface area contributed by atoms with Crippen LogP contribution in [0.25, 0.3) is 0 Å². The van der Waals surface area contributed by atoms with Gasteiger partial charge in [0.15, 0.2) is 6.29 Å². The van der Waals surface area contributed by atoms with Crippen LogP contribution >= 0.6 is 0 Å². The van der Waals surface area contributed by atoms with E-state index in [-0.39, 0.29) is 65.5 Å². The van der Waals surface area contributed by atoms with Crippen LogP contribution in [0.3, 0.4) is 0 Å². The molecular weight excluding hydrogens is 1220 g/mol. The van der Waals surface area contributed by atoms with E-state index in [1.54, 1.807) is 73.7 Å². The minimum absolute atomic E-state index is 0.00407. The number of hydrogen-bond donors (Lipinski definition) is 16. The van der Waals surface area contributed by atoms with Crippen LogP contribution in [0.5, 0.6) is 0 Å². The highest BCUT2D eigenvalue weighted by Crippen LogP contribution is 2.29. The molecule has 10 atom stereocenters. The van der Waals surface area contributed by atoms with E-state index < -0.39 is 105 Å². The molecule has 16 N–H and O–H groups in total. The molecule has 0 radical (unpaired) electrons. The first-order chi connectivity index (χ1) is 37.7. The summed E-state index contributed by atoms with van der Waals surface area (Å²) in [5.41, 5.74) is -1.27. The summed E-state index contributed by atoms with van der Waals surface area (Å²) in [6, 6.07) is 4.37. The Kier molecular flexibility index (Phi) is 50.7. The molecule has 0 spiro atoms. The summed E-state index contributed by atoms with van der Waals surface area (Å²) < 4.78 is 61.3. The molecule has 0 saturated heterocycles. The summed E-state index contributed by atoms with van der Waals surface area (Å²) in [4.78, 5) is 39.9. The molecule has 0 aromatic heterocycles. The molecule has 0 aliphatic carbocycles. The molecule has 0 fully saturated rings. The quantitative estimate of drug-likeness (QED) is 0.0223. The predicted octanol–water partition coefficient (Wildman–Crippen LogP) is 0.430. The van der Waals surface area contributed by atoms with Gasteiger partial charge < -0.3 is 129 Å². The van der Waals surface area contributed by atoms with Gasteiger partial charge in [0, 0.05) is 80.7 Å². The van der Waals surface area contributed by atoms with E-state index >= 15 is 0 Å². The van der Waals surface area contributed by atoms with Crippen LogP contribution in [-0.4, -0.2) is 286 Å². The second kappa shape index (κ2) is 46.7. The van der Waals surface area contributed by atoms with Crippen molar-refractivity contribution in [2.45, 2.75) is 203 Å². The van der Waals surface area contributed by atoms with E-state index in [1.165, 1.54) is 27.9 Å². The molecule has 0 amide bonds. The summed E-state index contributed by atoms with van der Waals surface area (Å²) >= 11 is 0. The minimum Gasteiger partial charge on any atom is -0.415 e. The second-order valence-corrected chi connectivity index (χ2v) is 50.0. The SMILES string of the molecule is CO[Si](CCCO)(CC(O)CO)O[Si](C)(C)O.CO[Si](CCCO)(CCCOC(O)C(C)O)O[Si](C)(C)O.CO[Si](CCCO)(CCCOCC(C)(O)C(C)O)O[Si](C)(C)O.CO[Si](CCCO)(CCCOCC(O)CO)O[Si](C)(C)O. The first-order valence-corrected chi connectivity index (χ1v) is 48.5. The maximum absolute atomic E-state index is 10.1. The highest BCUT2D eigenvalue weighted by atomic mass is 28.5. The van der Waals surface area contributed by atoms with Gasteiger partial charge in [-0.1, -0.05) is 0 Å². The summed E-state index contributed by atoms with van der Waals surface area (Å²) in [6.07, 6.45) is -0.681. The van der Waals surface area contributed by atoms with Crippen molar-refractivity contribution in [2.24, 2.45) is 0 Å². The van der Waals surface area contributed by atoms with Gasteiger partial charge in [-0.05, 0) is 160 Å². The smallest absolute Gasteiger partial charge is 0.331 e. The molecule has 500 valence electrons. The topological polar surface area (TPSA) is 425 Å². The third-order valence-electron chi connectivity index (χ3n) is 11.8. The molecule has 0 aromatic carbocycles. The fourth-order valence-corrected chi connectivity index (χ4v) is 35.0. The van der Waals surface area contributed by atoms with Crippen molar-refractivity contribution in [1.82, 2.24) is 0 Å². The maximum Gasteiger partial charge on any atom is 0.331 e. The van der Waals surface area contributed by atoms with Gasteiger partial charge in [0.2, 0.25) is 0 Å². The van der Waals surface area contributed by atoms with Crippen LogP contribution in [0.4, 0.5) is 0 Å². The summed E-state index contributed by atoms with van der Waals surface area (Å²) in [6.45, 7) is 18.6. The lowest BCUT2D eigenvalue weighted by Crippen LogP contribution is -2.52. The van der Waals surface area contributed by atoms with E-state index in [1.807, 2.05) is 0 Å². The molecule has 0 bridgehead atoms. The summed E-state index contributed by atoms with van der Waals surface area (Å²) in [7, 11) is -15.3. The van der Waals surface area contributed by atoms with Crippen molar-refractivity contribution in [2.75, 3.05) is 101 Å². The molecule has 0 saturated carbocycles. The van der Waals surface area contributed by atoms with Crippen molar-refractivity contribution in [3.05, 3.63) is 0 Å². The standard InChI is InChI=1S/C14H34O7Si2.2C12H30O7Si2.C9H24O6Si2/c1-13(16)14(2,17)12-20-9-7-11-23(19-3,10-6-8-15)21-22(4,5)18;1-11(14)12(15)18-8-6-10-21(17-2,9-5-7-13)19-20(3,4)16;1-17-21(8-4-6-13,19-20(2,3)16)9-5-7-18-11-12(15)10-14;1-14-17(6-4-5-10,8-9(12)7-11)15-16(2,3)13/h13,15-18H,6-12H2,1-5H3;11-16H,5-10H2,1-4H3;12-16H,4-11H2,1-3H3;9-13H,4-8H2,1-3H3. The Balaban J connectivity index is -0.000000497. The highest BCUT2D eigenvalue weighted by Gasteiger charge is 2.45. The van der Waals surface area contributed by atoms with Gasteiger partial charge in [-0.3, -0.25) is 0 Å². The normalized spacial score (nSPS) is 18.0. The van der Waals surface area contributed by atoms with Gasteiger partial charge in [0.1, 0.15) is 17.8 Å². The van der Waals surface area contributed by atoms with Gasteiger partial charge in [-0.2, -0.15) is 0 Å². The van der Waals surface area contributed by atoms with Crippen LogP contribution in [0.2, 0.25) is 101 Å². The first-order valence-electron chi connectivity index (χ1n) is 28.2. The Hall–Kier alpha value is 0.655. The molecule has 0 rings (SSSR count). The van der Waals surface area contributed by atoms with Crippen LogP contribution in [0.1, 0.15) is 65.7 Å². The van der Waals surface area contributed by atoms with Gasteiger partial charge in [0.05, 0.1) is 38.6 Å². The number of hydrogen-bond acceptors (Lipinski definition) is 27. The lowest BCUT2D eigenvalue weighted by Gasteiger charge is -2.35. The third-order valence-corrected chi connectivity index (χ3v) is 37.6. The Morgan fingerprint density at radius 1 is 0.415 bits per heavy atom. The monoisotopic (exact) mass is 1340 g/mol. The zero-order chi connectivity index (χ0) is 64.5. The maximum atomic E-state index is 10.1. The minimum atomic E-state index is -2.78. The van der Waals surface area contributed by atoms with E-state index in [0.717, 1.165) is 0 Å². The lowest BCUT2D eigenvalue weighted by molar-refractivity contribution is -0.155. The molecule has 0 aliphatic heterocycles.